The van der Waals surface area contributed by atoms with Crippen molar-refractivity contribution in [3.05, 3.63) is 62.5 Å². The maximum atomic E-state index is 12.8. The molecule has 2 aromatic heterocycles. The molecule has 1 aromatic carbocycles. The summed E-state index contributed by atoms with van der Waals surface area (Å²) in [5, 5.41) is 11.5. The maximum absolute atomic E-state index is 12.8. The van der Waals surface area contributed by atoms with Crippen LogP contribution in [0.2, 0.25) is 0 Å². The van der Waals surface area contributed by atoms with E-state index in [1.165, 1.54) is 16.9 Å². The number of benzene rings is 1. The first-order chi connectivity index (χ1) is 14.7. The summed E-state index contributed by atoms with van der Waals surface area (Å²) in [5.41, 5.74) is 2.06. The third-order valence-electron chi connectivity index (χ3n) is 5.69. The number of hydrogen-bond acceptors (Lipinski definition) is 6. The van der Waals surface area contributed by atoms with Crippen LogP contribution in [-0.2, 0) is 24.1 Å². The molecule has 160 valence electrons. The van der Waals surface area contributed by atoms with Crippen molar-refractivity contribution in [2.75, 3.05) is 26.8 Å². The van der Waals surface area contributed by atoms with E-state index >= 15 is 0 Å². The Hall–Kier alpha value is -2.06. The van der Waals surface area contributed by atoms with E-state index in [0.717, 1.165) is 48.0 Å². The molecule has 1 aliphatic rings. The summed E-state index contributed by atoms with van der Waals surface area (Å²) >= 11 is 1.67. The first-order valence-electron chi connectivity index (χ1n) is 10.6. The molecular formula is C23H29N3O3S. The molecule has 0 saturated heterocycles. The van der Waals surface area contributed by atoms with Crippen molar-refractivity contribution in [2.45, 2.75) is 44.8 Å². The van der Waals surface area contributed by atoms with Crippen LogP contribution in [0, 0.1) is 0 Å². The Morgan fingerprint density at radius 1 is 1.27 bits per heavy atom. The smallest absolute Gasteiger partial charge is 0.259 e. The number of aryl methyl sites for hydroxylation is 2. The second kappa shape index (κ2) is 9.83. The zero-order valence-electron chi connectivity index (χ0n) is 17.4. The minimum absolute atomic E-state index is 0.0325. The standard InChI is InChI=1S/C23H29N3O3S/c1-29-13-7-12-26(14-18(27)16-8-3-2-4-9-16)15-20-24-22(28)21-17-10-5-6-11-19(17)30-23(21)25-20/h2-4,8-9,18,27H,5-7,10-15H2,1H3,(H,24,25,28)/t18-/m1/s1. The number of H-pyrrole nitrogens is 1. The quantitative estimate of drug-likeness (QED) is 0.512. The first kappa shape index (κ1) is 21.2. The molecule has 6 nitrogen and oxygen atoms in total. The topological polar surface area (TPSA) is 78.5 Å². The van der Waals surface area contributed by atoms with Crippen LogP contribution in [0.5, 0.6) is 0 Å². The van der Waals surface area contributed by atoms with Crippen molar-refractivity contribution in [1.29, 1.82) is 0 Å². The normalized spacial score (nSPS) is 14.9. The van der Waals surface area contributed by atoms with E-state index in [1.54, 1.807) is 18.4 Å². The summed E-state index contributed by atoms with van der Waals surface area (Å²) in [6.45, 7) is 2.36. The molecule has 0 bridgehead atoms. The van der Waals surface area contributed by atoms with E-state index < -0.39 is 6.10 Å². The van der Waals surface area contributed by atoms with E-state index in [-0.39, 0.29) is 5.56 Å². The predicted octanol–water partition coefficient (Wildman–Crippen LogP) is 3.44. The number of methoxy groups -OCH3 is 1. The molecule has 30 heavy (non-hydrogen) atoms. The Labute approximate surface area is 180 Å². The van der Waals surface area contributed by atoms with Crippen LogP contribution in [0.1, 0.15) is 47.2 Å². The van der Waals surface area contributed by atoms with Gasteiger partial charge in [0.1, 0.15) is 10.7 Å². The fraction of sp³-hybridized carbons (Fsp3) is 0.478. The summed E-state index contributed by atoms with van der Waals surface area (Å²) in [6, 6.07) is 9.66. The molecule has 0 radical (unpaired) electrons. The molecule has 0 amide bonds. The molecule has 0 aliphatic heterocycles. The third-order valence-corrected chi connectivity index (χ3v) is 6.87. The van der Waals surface area contributed by atoms with Gasteiger partial charge in [-0.05, 0) is 43.2 Å². The van der Waals surface area contributed by atoms with Crippen molar-refractivity contribution in [2.24, 2.45) is 0 Å². The molecule has 1 atom stereocenters. The van der Waals surface area contributed by atoms with Crippen molar-refractivity contribution in [1.82, 2.24) is 14.9 Å². The zero-order chi connectivity index (χ0) is 20.9. The summed E-state index contributed by atoms with van der Waals surface area (Å²) in [4.78, 5) is 24.9. The van der Waals surface area contributed by atoms with Crippen LogP contribution < -0.4 is 5.56 Å². The molecule has 0 fully saturated rings. The van der Waals surface area contributed by atoms with E-state index in [2.05, 4.69) is 9.88 Å². The number of aliphatic hydroxyl groups excluding tert-OH is 1. The Morgan fingerprint density at radius 2 is 2.07 bits per heavy atom. The second-order valence-electron chi connectivity index (χ2n) is 7.91. The fourth-order valence-electron chi connectivity index (χ4n) is 4.19. The summed E-state index contributed by atoms with van der Waals surface area (Å²) in [6.07, 6.45) is 4.61. The Morgan fingerprint density at radius 3 is 2.87 bits per heavy atom. The number of aromatic nitrogens is 2. The molecule has 1 aliphatic carbocycles. The minimum Gasteiger partial charge on any atom is -0.387 e. The van der Waals surface area contributed by atoms with Gasteiger partial charge >= 0.3 is 0 Å². The molecule has 0 unspecified atom stereocenters. The number of fused-ring (bicyclic) bond motifs is 3. The van der Waals surface area contributed by atoms with Crippen LogP contribution in [0.3, 0.4) is 0 Å². The Balaban J connectivity index is 1.55. The Kier molecular flexibility index (Phi) is 6.94. The number of aromatic amines is 1. The number of thiophene rings is 1. The molecule has 7 heteroatoms. The Bertz CT molecular complexity index is 1030. The summed E-state index contributed by atoms with van der Waals surface area (Å²) in [7, 11) is 1.69. The lowest BCUT2D eigenvalue weighted by Crippen LogP contribution is -2.31. The highest BCUT2D eigenvalue weighted by Gasteiger charge is 2.21. The number of aliphatic hydroxyl groups is 1. The van der Waals surface area contributed by atoms with Gasteiger partial charge in [-0.2, -0.15) is 0 Å². The number of nitrogens with one attached hydrogen (secondary N) is 1. The summed E-state index contributed by atoms with van der Waals surface area (Å²) in [5.74, 6) is 0.656. The van der Waals surface area contributed by atoms with Gasteiger partial charge in [-0.25, -0.2) is 4.98 Å². The van der Waals surface area contributed by atoms with Gasteiger partial charge in [0.25, 0.3) is 5.56 Å². The SMILES string of the molecule is COCCCN(Cc1nc2sc3c(c2c(=O)[nH]1)CCCC3)C[C@@H](O)c1ccccc1. The van der Waals surface area contributed by atoms with Crippen LogP contribution in [0.4, 0.5) is 0 Å². The number of hydrogen-bond donors (Lipinski definition) is 2. The molecule has 0 saturated carbocycles. The highest BCUT2D eigenvalue weighted by Crippen LogP contribution is 2.33. The van der Waals surface area contributed by atoms with Gasteiger partial charge in [0.05, 0.1) is 18.0 Å². The number of ether oxygens (including phenoxy) is 1. The second-order valence-corrected chi connectivity index (χ2v) is 9.00. The van der Waals surface area contributed by atoms with Gasteiger partial charge < -0.3 is 14.8 Å². The van der Waals surface area contributed by atoms with Gasteiger partial charge in [0.2, 0.25) is 0 Å². The van der Waals surface area contributed by atoms with Gasteiger partial charge in [-0.1, -0.05) is 30.3 Å². The summed E-state index contributed by atoms with van der Waals surface area (Å²) < 4.78 is 5.19. The molecular weight excluding hydrogens is 398 g/mol. The third kappa shape index (κ3) is 4.81. The number of nitrogens with zero attached hydrogens (tertiary/aromatic N) is 2. The lowest BCUT2D eigenvalue weighted by molar-refractivity contribution is 0.0981. The molecule has 2 heterocycles. The average molecular weight is 428 g/mol. The maximum Gasteiger partial charge on any atom is 0.259 e. The molecule has 0 spiro atoms. The van der Waals surface area contributed by atoms with Gasteiger partial charge in [0.15, 0.2) is 0 Å². The largest absolute Gasteiger partial charge is 0.387 e. The monoisotopic (exact) mass is 427 g/mol. The molecule has 3 aromatic rings. The average Bonchev–Trinajstić information content (AvgIpc) is 3.13. The van der Waals surface area contributed by atoms with Crippen molar-refractivity contribution < 1.29 is 9.84 Å². The first-order valence-corrected chi connectivity index (χ1v) is 11.4. The van der Waals surface area contributed by atoms with Crippen LogP contribution in [0.15, 0.2) is 35.1 Å². The zero-order valence-corrected chi connectivity index (χ0v) is 18.2. The van der Waals surface area contributed by atoms with Crippen LogP contribution in [0.25, 0.3) is 10.2 Å². The van der Waals surface area contributed by atoms with Crippen molar-refractivity contribution in [3.63, 3.8) is 0 Å². The van der Waals surface area contributed by atoms with E-state index in [4.69, 9.17) is 9.72 Å². The fourth-order valence-corrected chi connectivity index (χ4v) is 5.47. The highest BCUT2D eigenvalue weighted by molar-refractivity contribution is 7.18. The molecule has 2 N–H and O–H groups in total. The van der Waals surface area contributed by atoms with Gasteiger partial charge in [0, 0.05) is 31.7 Å². The highest BCUT2D eigenvalue weighted by atomic mass is 32.1. The van der Waals surface area contributed by atoms with Gasteiger partial charge in [-0.15, -0.1) is 11.3 Å². The van der Waals surface area contributed by atoms with Crippen LogP contribution >= 0.6 is 11.3 Å². The molecule has 4 rings (SSSR count). The van der Waals surface area contributed by atoms with Crippen LogP contribution in [-0.4, -0.2) is 46.8 Å². The minimum atomic E-state index is -0.599. The lowest BCUT2D eigenvalue weighted by atomic mass is 9.97. The predicted molar refractivity (Wildman–Crippen MR) is 120 cm³/mol. The number of rotatable bonds is 9. The van der Waals surface area contributed by atoms with E-state index in [0.29, 0.717) is 25.5 Å². The van der Waals surface area contributed by atoms with E-state index in [1.807, 2.05) is 30.3 Å². The van der Waals surface area contributed by atoms with Gasteiger partial charge in [-0.3, -0.25) is 9.69 Å². The lowest BCUT2D eigenvalue weighted by Gasteiger charge is -2.24. The van der Waals surface area contributed by atoms with Crippen molar-refractivity contribution in [3.8, 4) is 0 Å². The van der Waals surface area contributed by atoms with Crippen molar-refractivity contribution >= 4 is 21.6 Å². The van der Waals surface area contributed by atoms with E-state index in [9.17, 15) is 9.90 Å².